The van der Waals surface area contributed by atoms with Crippen LogP contribution in [0.25, 0.3) is 16.8 Å². The van der Waals surface area contributed by atoms with Gasteiger partial charge < -0.3 is 11.1 Å². The van der Waals surface area contributed by atoms with Crippen molar-refractivity contribution in [1.29, 1.82) is 0 Å². The minimum atomic E-state index is 0.363. The number of halogens is 1. The number of fused-ring (bicyclic) bond motifs is 1. The summed E-state index contributed by atoms with van der Waals surface area (Å²) in [5.74, 6) is 0.952. The highest BCUT2D eigenvalue weighted by Crippen LogP contribution is 2.34. The van der Waals surface area contributed by atoms with Crippen LogP contribution in [-0.4, -0.2) is 32.7 Å². The SMILES string of the molecule is Nc1c(Br)c([C@H]2CCCNC2)nc2c(-c3cccnc3)cnn12. The minimum absolute atomic E-state index is 0.363. The Balaban J connectivity index is 1.90. The molecule has 23 heavy (non-hydrogen) atoms. The molecule has 1 aliphatic rings. The summed E-state index contributed by atoms with van der Waals surface area (Å²) in [4.78, 5) is 9.09. The van der Waals surface area contributed by atoms with E-state index in [2.05, 4.69) is 31.3 Å². The fourth-order valence-corrected chi connectivity index (χ4v) is 3.68. The molecule has 0 aliphatic carbocycles. The first-order chi connectivity index (χ1) is 11.3. The monoisotopic (exact) mass is 372 g/mol. The van der Waals surface area contributed by atoms with Crippen molar-refractivity contribution in [2.45, 2.75) is 18.8 Å². The van der Waals surface area contributed by atoms with Crippen molar-refractivity contribution in [2.75, 3.05) is 18.8 Å². The van der Waals surface area contributed by atoms with Crippen molar-refractivity contribution < 1.29 is 0 Å². The van der Waals surface area contributed by atoms with Crippen LogP contribution in [0.1, 0.15) is 24.5 Å². The molecule has 0 unspecified atom stereocenters. The number of hydrogen-bond donors (Lipinski definition) is 2. The van der Waals surface area contributed by atoms with Crippen LogP contribution >= 0.6 is 15.9 Å². The molecule has 3 N–H and O–H groups in total. The van der Waals surface area contributed by atoms with Crippen LogP contribution in [0, 0.1) is 0 Å². The first kappa shape index (κ1) is 14.6. The lowest BCUT2D eigenvalue weighted by Gasteiger charge is -2.23. The van der Waals surface area contributed by atoms with Gasteiger partial charge in [-0.1, -0.05) is 6.07 Å². The molecule has 1 atom stereocenters. The molecule has 0 saturated carbocycles. The topological polar surface area (TPSA) is 81.1 Å². The summed E-state index contributed by atoms with van der Waals surface area (Å²) in [7, 11) is 0. The molecule has 3 aromatic heterocycles. The highest BCUT2D eigenvalue weighted by molar-refractivity contribution is 9.10. The zero-order chi connectivity index (χ0) is 15.8. The van der Waals surface area contributed by atoms with E-state index in [0.29, 0.717) is 11.7 Å². The van der Waals surface area contributed by atoms with E-state index in [-0.39, 0.29) is 0 Å². The highest BCUT2D eigenvalue weighted by Gasteiger charge is 2.23. The predicted molar refractivity (Wildman–Crippen MR) is 93.2 cm³/mol. The smallest absolute Gasteiger partial charge is 0.165 e. The average Bonchev–Trinajstić information content (AvgIpc) is 3.03. The summed E-state index contributed by atoms with van der Waals surface area (Å²) in [5.41, 5.74) is 10.0. The Kier molecular flexibility index (Phi) is 3.74. The van der Waals surface area contributed by atoms with Crippen LogP contribution in [0.2, 0.25) is 0 Å². The summed E-state index contributed by atoms with van der Waals surface area (Å²) >= 11 is 3.61. The lowest BCUT2D eigenvalue weighted by atomic mass is 9.96. The van der Waals surface area contributed by atoms with E-state index in [0.717, 1.165) is 52.9 Å². The molecule has 3 aromatic rings. The lowest BCUT2D eigenvalue weighted by Crippen LogP contribution is -2.29. The molecule has 1 fully saturated rings. The summed E-state index contributed by atoms with van der Waals surface area (Å²) in [6, 6.07) is 3.92. The molecule has 6 nitrogen and oxygen atoms in total. The number of piperidine rings is 1. The number of nitrogen functional groups attached to an aromatic ring is 1. The Bertz CT molecular complexity index is 839. The second-order valence-corrected chi connectivity index (χ2v) is 6.57. The maximum atomic E-state index is 6.29. The van der Waals surface area contributed by atoms with Crippen molar-refractivity contribution in [3.05, 3.63) is 40.9 Å². The van der Waals surface area contributed by atoms with Gasteiger partial charge in [0.15, 0.2) is 5.65 Å². The van der Waals surface area contributed by atoms with Gasteiger partial charge in [0.2, 0.25) is 0 Å². The largest absolute Gasteiger partial charge is 0.383 e. The first-order valence-corrected chi connectivity index (χ1v) is 8.48. The summed E-state index contributed by atoms with van der Waals surface area (Å²) in [6.07, 6.45) is 7.64. The van der Waals surface area contributed by atoms with Gasteiger partial charge in [-0.15, -0.1) is 0 Å². The Morgan fingerprint density at radius 3 is 3.00 bits per heavy atom. The third-order valence-corrected chi connectivity index (χ3v) is 5.12. The molecule has 0 bridgehead atoms. The van der Waals surface area contributed by atoms with Crippen molar-refractivity contribution in [1.82, 2.24) is 24.9 Å². The van der Waals surface area contributed by atoms with Crippen LogP contribution in [0.3, 0.4) is 0 Å². The fourth-order valence-electron chi connectivity index (χ4n) is 3.09. The van der Waals surface area contributed by atoms with Crippen LogP contribution < -0.4 is 11.1 Å². The van der Waals surface area contributed by atoms with E-state index in [1.165, 1.54) is 0 Å². The number of nitrogens with two attached hydrogens (primary N) is 1. The molecule has 1 aliphatic heterocycles. The molecule has 4 heterocycles. The number of aromatic nitrogens is 4. The molecule has 7 heteroatoms. The van der Waals surface area contributed by atoms with E-state index < -0.39 is 0 Å². The zero-order valence-electron chi connectivity index (χ0n) is 12.5. The van der Waals surface area contributed by atoms with Gasteiger partial charge in [-0.3, -0.25) is 4.98 Å². The van der Waals surface area contributed by atoms with Gasteiger partial charge in [0.1, 0.15) is 5.82 Å². The normalized spacial score (nSPS) is 18.4. The van der Waals surface area contributed by atoms with E-state index in [9.17, 15) is 0 Å². The maximum Gasteiger partial charge on any atom is 0.165 e. The summed E-state index contributed by atoms with van der Waals surface area (Å²) < 4.78 is 2.53. The number of nitrogens with zero attached hydrogens (tertiary/aromatic N) is 4. The maximum absolute atomic E-state index is 6.29. The molecule has 4 rings (SSSR count). The van der Waals surface area contributed by atoms with E-state index in [1.54, 1.807) is 16.9 Å². The quantitative estimate of drug-likeness (QED) is 0.722. The molecular formula is C16H17BrN6. The van der Waals surface area contributed by atoms with Gasteiger partial charge in [-0.25, -0.2) is 4.98 Å². The fraction of sp³-hybridized carbons (Fsp3) is 0.312. The third kappa shape index (κ3) is 2.49. The van der Waals surface area contributed by atoms with Crippen LogP contribution in [0.5, 0.6) is 0 Å². The standard InChI is InChI=1S/C16H17BrN6/c17-13-14(11-4-2-6-20-8-11)22-16-12(9-21-23(16)15(13)18)10-3-1-5-19-7-10/h1,3,5,7,9,11,20H,2,4,6,8,18H2/t11-/m0/s1. The Hall–Kier alpha value is -1.99. The average molecular weight is 373 g/mol. The number of nitrogens with one attached hydrogen (secondary N) is 1. The molecule has 0 radical (unpaired) electrons. The van der Waals surface area contributed by atoms with Crippen molar-refractivity contribution in [2.24, 2.45) is 0 Å². The Labute approximate surface area is 142 Å². The van der Waals surface area contributed by atoms with Crippen molar-refractivity contribution >= 4 is 27.4 Å². The minimum Gasteiger partial charge on any atom is -0.383 e. The van der Waals surface area contributed by atoms with Crippen LogP contribution in [0.15, 0.2) is 35.2 Å². The molecule has 0 spiro atoms. The zero-order valence-corrected chi connectivity index (χ0v) is 14.1. The van der Waals surface area contributed by atoms with Crippen molar-refractivity contribution in [3.8, 4) is 11.1 Å². The third-order valence-electron chi connectivity index (χ3n) is 4.30. The first-order valence-electron chi connectivity index (χ1n) is 7.69. The van der Waals surface area contributed by atoms with Gasteiger partial charge in [0.25, 0.3) is 0 Å². The number of rotatable bonds is 2. The second-order valence-electron chi connectivity index (χ2n) is 5.77. The summed E-state index contributed by atoms with van der Waals surface area (Å²) in [6.45, 7) is 2.00. The highest BCUT2D eigenvalue weighted by atomic mass is 79.9. The van der Waals surface area contributed by atoms with Crippen molar-refractivity contribution in [3.63, 3.8) is 0 Å². The number of pyridine rings is 1. The van der Waals surface area contributed by atoms with E-state index in [4.69, 9.17) is 10.7 Å². The summed E-state index contributed by atoms with van der Waals surface area (Å²) in [5, 5.41) is 7.83. The van der Waals surface area contributed by atoms with E-state index in [1.807, 2.05) is 18.3 Å². The molecular weight excluding hydrogens is 356 g/mol. The van der Waals surface area contributed by atoms with Gasteiger partial charge in [-0.05, 0) is 41.4 Å². The second kappa shape index (κ2) is 5.90. The predicted octanol–water partition coefficient (Wildman–Crippen LogP) is 2.60. The molecule has 0 aromatic carbocycles. The number of anilines is 1. The van der Waals surface area contributed by atoms with Gasteiger partial charge in [0, 0.05) is 36.0 Å². The molecule has 1 saturated heterocycles. The van der Waals surface area contributed by atoms with Gasteiger partial charge in [-0.2, -0.15) is 9.61 Å². The lowest BCUT2D eigenvalue weighted by molar-refractivity contribution is 0.453. The Morgan fingerprint density at radius 1 is 1.35 bits per heavy atom. The van der Waals surface area contributed by atoms with Crippen LogP contribution in [-0.2, 0) is 0 Å². The number of hydrogen-bond acceptors (Lipinski definition) is 5. The van der Waals surface area contributed by atoms with Gasteiger partial charge in [0.05, 0.1) is 16.4 Å². The Morgan fingerprint density at radius 2 is 2.26 bits per heavy atom. The molecule has 0 amide bonds. The van der Waals surface area contributed by atoms with Gasteiger partial charge >= 0.3 is 0 Å². The van der Waals surface area contributed by atoms with Crippen LogP contribution in [0.4, 0.5) is 5.82 Å². The molecule has 118 valence electrons. The van der Waals surface area contributed by atoms with E-state index >= 15 is 0 Å².